The van der Waals surface area contributed by atoms with Gasteiger partial charge < -0.3 is 50.7 Å². The number of hydrogen-bond donors (Lipinski definition) is 9. The van der Waals surface area contributed by atoms with Crippen molar-refractivity contribution < 1.29 is 50.7 Å². The summed E-state index contributed by atoms with van der Waals surface area (Å²) in [5.41, 5.74) is -8.78. The van der Waals surface area contributed by atoms with Crippen molar-refractivity contribution in [2.24, 2.45) is 11.3 Å². The molecule has 1 heterocycles. The van der Waals surface area contributed by atoms with Crippen LogP contribution < -0.4 is 0 Å². The predicted molar refractivity (Wildman–Crippen MR) is 79.0 cm³/mol. The maximum atomic E-state index is 11.0. The molecule has 3 rings (SSSR count). The number of rotatable bonds is 2. The molecular weight excluding hydrogens is 340 g/mol. The van der Waals surface area contributed by atoms with Gasteiger partial charge in [0.1, 0.15) is 23.4 Å². The fourth-order valence-corrected chi connectivity index (χ4v) is 5.46. The summed E-state index contributed by atoms with van der Waals surface area (Å²) < 4.78 is 5.80. The summed E-state index contributed by atoms with van der Waals surface area (Å²) in [6, 6.07) is 0. The predicted octanol–water partition coefficient (Wildman–Crippen LogP) is -4.96. The SMILES string of the molecule is C[C@]1(CO)O[C@@]23[C@@H](O)[C@@H]1[C@H](O)[C@H](O)[C@@]2(CO)[C@H](O)[C@H](O)[C@@H](O)[C@@]3(C)O. The van der Waals surface area contributed by atoms with Gasteiger partial charge in [-0.25, -0.2) is 0 Å². The Morgan fingerprint density at radius 3 is 1.76 bits per heavy atom. The van der Waals surface area contributed by atoms with Crippen LogP contribution in [0.5, 0.6) is 0 Å². The van der Waals surface area contributed by atoms with E-state index in [2.05, 4.69) is 0 Å². The molecule has 2 aliphatic carbocycles. The van der Waals surface area contributed by atoms with Crippen molar-refractivity contribution in [3.05, 3.63) is 0 Å². The van der Waals surface area contributed by atoms with E-state index < -0.39 is 78.0 Å². The molecule has 25 heavy (non-hydrogen) atoms. The molecule has 1 spiro atoms. The van der Waals surface area contributed by atoms with Crippen molar-refractivity contribution in [3.63, 3.8) is 0 Å². The molecule has 0 aromatic rings. The first-order valence-corrected chi connectivity index (χ1v) is 8.13. The third-order valence-electron chi connectivity index (χ3n) is 6.84. The van der Waals surface area contributed by atoms with Gasteiger partial charge in [-0.05, 0) is 13.8 Å². The fraction of sp³-hybridized carbons (Fsp3) is 1.00. The molecule has 0 amide bonds. The maximum absolute atomic E-state index is 11.0. The fourth-order valence-electron chi connectivity index (χ4n) is 5.46. The Hall–Kier alpha value is -0.400. The molecule has 0 aromatic carbocycles. The first kappa shape index (κ1) is 19.4. The van der Waals surface area contributed by atoms with Crippen LogP contribution in [0.15, 0.2) is 0 Å². The lowest BCUT2D eigenvalue weighted by molar-refractivity contribution is -0.385. The van der Waals surface area contributed by atoms with Crippen LogP contribution in [0.2, 0.25) is 0 Å². The molecule has 0 radical (unpaired) electrons. The minimum atomic E-state index is -2.44. The molecule has 0 unspecified atom stereocenters. The molecule has 9 N–H and O–H groups in total. The number of aliphatic hydroxyl groups is 9. The van der Waals surface area contributed by atoms with Gasteiger partial charge in [-0.1, -0.05) is 0 Å². The van der Waals surface area contributed by atoms with Crippen LogP contribution >= 0.6 is 0 Å². The van der Waals surface area contributed by atoms with Gasteiger partial charge in [-0.2, -0.15) is 0 Å². The van der Waals surface area contributed by atoms with E-state index in [-0.39, 0.29) is 0 Å². The van der Waals surface area contributed by atoms with Gasteiger partial charge in [0.25, 0.3) is 0 Å². The van der Waals surface area contributed by atoms with Gasteiger partial charge in [0, 0.05) is 5.92 Å². The third-order valence-corrected chi connectivity index (χ3v) is 6.84. The number of ether oxygens (including phenoxy) is 1. The molecular formula is C15H26O10. The maximum Gasteiger partial charge on any atom is 0.139 e. The molecule has 11 atom stereocenters. The highest BCUT2D eigenvalue weighted by Gasteiger charge is 2.86. The Bertz CT molecular complexity index is 556. The minimum absolute atomic E-state index is 0.716. The molecule has 146 valence electrons. The minimum Gasteiger partial charge on any atom is -0.395 e. The molecule has 0 aromatic heterocycles. The van der Waals surface area contributed by atoms with E-state index in [0.717, 1.165) is 6.92 Å². The molecule has 1 saturated heterocycles. The van der Waals surface area contributed by atoms with E-state index in [9.17, 15) is 46.0 Å². The van der Waals surface area contributed by atoms with E-state index in [4.69, 9.17) is 4.74 Å². The third kappa shape index (κ3) is 1.74. The Labute approximate surface area is 143 Å². The van der Waals surface area contributed by atoms with Crippen LogP contribution in [-0.4, -0.2) is 113 Å². The molecule has 2 bridgehead atoms. The lowest BCUT2D eigenvalue weighted by Crippen LogP contribution is -2.87. The number of fused-ring (bicyclic) bond motifs is 1. The molecule has 3 fully saturated rings. The average Bonchev–Trinajstić information content (AvgIpc) is 2.78. The van der Waals surface area contributed by atoms with Crippen molar-refractivity contribution in [3.8, 4) is 0 Å². The molecule has 10 heteroatoms. The van der Waals surface area contributed by atoms with Gasteiger partial charge in [-0.3, -0.25) is 0 Å². The first-order valence-electron chi connectivity index (χ1n) is 8.13. The summed E-state index contributed by atoms with van der Waals surface area (Å²) in [6.45, 7) is 0.564. The summed E-state index contributed by atoms with van der Waals surface area (Å²) in [4.78, 5) is 0. The van der Waals surface area contributed by atoms with Crippen LogP contribution in [0.1, 0.15) is 13.8 Å². The lowest BCUT2D eigenvalue weighted by Gasteiger charge is -2.66. The molecule has 10 nitrogen and oxygen atoms in total. The van der Waals surface area contributed by atoms with Crippen molar-refractivity contribution in [1.82, 2.24) is 0 Å². The van der Waals surface area contributed by atoms with E-state index in [0.29, 0.717) is 0 Å². The zero-order valence-electron chi connectivity index (χ0n) is 13.9. The standard InChI is InChI=1S/C15H26O10/c1-12(3-16)5-6(18)10(22)14(4-17)11(23)7(19)9(21)13(2,24)15(14,25-12)8(5)20/h5-11,16-24H,3-4H2,1-2H3/t5-,6-,7+,8-,9+,10-,11+,12+,13+,14-,15+/m0/s1. The zero-order valence-corrected chi connectivity index (χ0v) is 13.9. The Balaban J connectivity index is 2.36. The van der Waals surface area contributed by atoms with E-state index in [1.807, 2.05) is 0 Å². The van der Waals surface area contributed by atoms with Crippen molar-refractivity contribution in [1.29, 1.82) is 0 Å². The van der Waals surface area contributed by atoms with Crippen LogP contribution in [0, 0.1) is 11.3 Å². The summed E-state index contributed by atoms with van der Waals surface area (Å²) in [5, 5.41) is 94.0. The van der Waals surface area contributed by atoms with Gasteiger partial charge in [0.05, 0.1) is 48.6 Å². The van der Waals surface area contributed by atoms with Crippen molar-refractivity contribution in [2.45, 2.75) is 67.3 Å². The molecule has 2 saturated carbocycles. The normalized spacial score (nSPS) is 64.2. The van der Waals surface area contributed by atoms with Crippen LogP contribution in [0.25, 0.3) is 0 Å². The van der Waals surface area contributed by atoms with Crippen LogP contribution in [-0.2, 0) is 4.74 Å². The second-order valence-electron chi connectivity index (χ2n) is 7.94. The Morgan fingerprint density at radius 2 is 1.28 bits per heavy atom. The monoisotopic (exact) mass is 366 g/mol. The van der Waals surface area contributed by atoms with Gasteiger partial charge in [-0.15, -0.1) is 0 Å². The summed E-state index contributed by atoms with van der Waals surface area (Å²) >= 11 is 0. The second kappa shape index (κ2) is 5.32. The van der Waals surface area contributed by atoms with Crippen LogP contribution in [0.4, 0.5) is 0 Å². The summed E-state index contributed by atoms with van der Waals surface area (Å²) in [5.74, 6) is -1.28. The topological polar surface area (TPSA) is 191 Å². The highest BCUT2D eigenvalue weighted by molar-refractivity contribution is 5.34. The summed E-state index contributed by atoms with van der Waals surface area (Å²) in [6.07, 6.45) is -11.5. The van der Waals surface area contributed by atoms with E-state index in [1.54, 1.807) is 0 Å². The Morgan fingerprint density at radius 1 is 0.760 bits per heavy atom. The van der Waals surface area contributed by atoms with Crippen molar-refractivity contribution in [2.75, 3.05) is 13.2 Å². The highest BCUT2D eigenvalue weighted by Crippen LogP contribution is 2.66. The zero-order chi connectivity index (χ0) is 19.2. The smallest absolute Gasteiger partial charge is 0.139 e. The van der Waals surface area contributed by atoms with Gasteiger partial charge in [0.15, 0.2) is 0 Å². The van der Waals surface area contributed by atoms with E-state index in [1.165, 1.54) is 6.92 Å². The molecule has 3 aliphatic rings. The summed E-state index contributed by atoms with van der Waals surface area (Å²) in [7, 11) is 0. The first-order chi connectivity index (χ1) is 11.4. The number of aliphatic hydroxyl groups excluding tert-OH is 8. The largest absolute Gasteiger partial charge is 0.395 e. The molecule has 1 aliphatic heterocycles. The van der Waals surface area contributed by atoms with Gasteiger partial charge in [0.2, 0.25) is 0 Å². The van der Waals surface area contributed by atoms with Crippen LogP contribution in [0.3, 0.4) is 0 Å². The average molecular weight is 366 g/mol. The second-order valence-corrected chi connectivity index (χ2v) is 7.94. The highest BCUT2D eigenvalue weighted by atomic mass is 16.6. The lowest BCUT2D eigenvalue weighted by atomic mass is 9.45. The van der Waals surface area contributed by atoms with E-state index >= 15 is 0 Å². The van der Waals surface area contributed by atoms with Crippen molar-refractivity contribution >= 4 is 0 Å². The Kier molecular flexibility index (Phi) is 4.12. The quantitative estimate of drug-likeness (QED) is 0.229. The number of hydrogen-bond acceptors (Lipinski definition) is 10. The van der Waals surface area contributed by atoms with Gasteiger partial charge >= 0.3 is 0 Å².